The second-order valence-corrected chi connectivity index (χ2v) is 8.07. The lowest BCUT2D eigenvalue weighted by atomic mass is 9.83. The zero-order valence-electron chi connectivity index (χ0n) is 13.8. The van der Waals surface area contributed by atoms with Crippen LogP contribution in [0.2, 0.25) is 5.02 Å². The number of hydrogen-bond acceptors (Lipinski definition) is 1. The van der Waals surface area contributed by atoms with Gasteiger partial charge in [-0.3, -0.25) is 4.98 Å². The summed E-state index contributed by atoms with van der Waals surface area (Å²) in [5, 5.41) is 0.752. The quantitative estimate of drug-likeness (QED) is 0.629. The van der Waals surface area contributed by atoms with Crippen LogP contribution in [-0.4, -0.2) is 4.98 Å². The van der Waals surface area contributed by atoms with Crippen LogP contribution in [0, 0.1) is 0 Å². The van der Waals surface area contributed by atoms with Crippen molar-refractivity contribution >= 4 is 11.6 Å². The number of nitrogens with zero attached hydrogens (tertiary/aromatic N) is 1. The molecule has 1 aromatic carbocycles. The molecule has 2 heteroatoms. The molecule has 0 atom stereocenters. The van der Waals surface area contributed by atoms with E-state index in [-0.39, 0.29) is 10.8 Å². The first-order valence-electron chi connectivity index (χ1n) is 7.36. The summed E-state index contributed by atoms with van der Waals surface area (Å²) in [5.41, 5.74) is 4.69. The lowest BCUT2D eigenvalue weighted by Crippen LogP contribution is -2.18. The summed E-state index contributed by atoms with van der Waals surface area (Å²) in [4.78, 5) is 4.88. The van der Waals surface area contributed by atoms with Crippen LogP contribution < -0.4 is 0 Å². The first kappa shape index (κ1) is 16.0. The molecule has 0 bridgehead atoms. The van der Waals surface area contributed by atoms with Crippen molar-refractivity contribution < 1.29 is 0 Å². The van der Waals surface area contributed by atoms with Gasteiger partial charge in [-0.2, -0.15) is 0 Å². The molecule has 2 aromatic rings. The molecule has 0 aliphatic rings. The highest BCUT2D eigenvalue weighted by atomic mass is 35.5. The van der Waals surface area contributed by atoms with Gasteiger partial charge in [0, 0.05) is 21.7 Å². The largest absolute Gasteiger partial charge is 0.252 e. The first-order chi connectivity index (χ1) is 9.57. The van der Waals surface area contributed by atoms with Crippen LogP contribution in [0.5, 0.6) is 0 Å². The Morgan fingerprint density at radius 2 is 1.38 bits per heavy atom. The third kappa shape index (κ3) is 3.85. The van der Waals surface area contributed by atoms with Gasteiger partial charge in [-0.1, -0.05) is 65.3 Å². The molecule has 0 saturated heterocycles. The third-order valence-corrected chi connectivity index (χ3v) is 3.85. The standard InChI is InChI=1S/C19H24ClN/c1-18(2,3)14-11-16(13-7-9-15(20)10-8-13)21-17(12-14)19(4,5)6/h7-12H,1-6H3. The molecule has 0 N–H and O–H groups in total. The Morgan fingerprint density at radius 3 is 1.86 bits per heavy atom. The maximum atomic E-state index is 5.99. The van der Waals surface area contributed by atoms with E-state index in [1.807, 2.05) is 24.3 Å². The van der Waals surface area contributed by atoms with E-state index < -0.39 is 0 Å². The van der Waals surface area contributed by atoms with Gasteiger partial charge in [0.05, 0.1) is 5.69 Å². The summed E-state index contributed by atoms with van der Waals surface area (Å²) < 4.78 is 0. The molecule has 0 unspecified atom stereocenters. The summed E-state index contributed by atoms with van der Waals surface area (Å²) in [6, 6.07) is 12.3. The predicted octanol–water partition coefficient (Wildman–Crippen LogP) is 6.00. The minimum absolute atomic E-state index is 0.0302. The molecule has 0 spiro atoms. The fourth-order valence-electron chi connectivity index (χ4n) is 2.12. The van der Waals surface area contributed by atoms with Crippen LogP contribution in [0.25, 0.3) is 11.3 Å². The van der Waals surface area contributed by atoms with E-state index in [9.17, 15) is 0 Å². The second kappa shape index (κ2) is 5.46. The number of rotatable bonds is 1. The summed E-state index contributed by atoms with van der Waals surface area (Å²) in [6.07, 6.45) is 0. The smallest absolute Gasteiger partial charge is 0.0708 e. The van der Waals surface area contributed by atoms with E-state index in [0.29, 0.717) is 0 Å². The molecule has 2 rings (SSSR count). The predicted molar refractivity (Wildman–Crippen MR) is 92.1 cm³/mol. The van der Waals surface area contributed by atoms with Crippen molar-refractivity contribution in [3.05, 3.63) is 52.7 Å². The molecule has 112 valence electrons. The monoisotopic (exact) mass is 301 g/mol. The van der Waals surface area contributed by atoms with Gasteiger partial charge >= 0.3 is 0 Å². The molecule has 0 fully saturated rings. The maximum absolute atomic E-state index is 5.99. The Morgan fingerprint density at radius 1 is 0.810 bits per heavy atom. The highest BCUT2D eigenvalue weighted by Gasteiger charge is 2.22. The van der Waals surface area contributed by atoms with Crippen LogP contribution >= 0.6 is 11.6 Å². The molecule has 21 heavy (non-hydrogen) atoms. The van der Waals surface area contributed by atoms with Gasteiger partial charge in [-0.15, -0.1) is 0 Å². The van der Waals surface area contributed by atoms with Crippen molar-refractivity contribution in [1.82, 2.24) is 4.98 Å². The Bertz CT molecular complexity index is 596. The highest BCUT2D eigenvalue weighted by molar-refractivity contribution is 6.30. The molecule has 0 radical (unpaired) electrons. The number of aromatic nitrogens is 1. The summed E-state index contributed by atoms with van der Waals surface area (Å²) in [7, 11) is 0. The number of halogens is 1. The topological polar surface area (TPSA) is 12.9 Å². The fourth-order valence-corrected chi connectivity index (χ4v) is 2.24. The van der Waals surface area contributed by atoms with Crippen molar-refractivity contribution in [3.63, 3.8) is 0 Å². The van der Waals surface area contributed by atoms with Gasteiger partial charge in [0.2, 0.25) is 0 Å². The van der Waals surface area contributed by atoms with Crippen molar-refractivity contribution in [2.75, 3.05) is 0 Å². The van der Waals surface area contributed by atoms with Crippen LogP contribution in [-0.2, 0) is 10.8 Å². The Labute approximate surface area is 133 Å². The Balaban J connectivity index is 2.63. The average molecular weight is 302 g/mol. The lowest BCUT2D eigenvalue weighted by molar-refractivity contribution is 0.553. The van der Waals surface area contributed by atoms with Gasteiger partial charge in [0.15, 0.2) is 0 Å². The molecule has 0 aliphatic heterocycles. The molecule has 1 heterocycles. The average Bonchev–Trinajstić information content (AvgIpc) is 2.37. The van der Waals surface area contributed by atoms with E-state index in [0.717, 1.165) is 22.0 Å². The van der Waals surface area contributed by atoms with Gasteiger partial charge in [0.25, 0.3) is 0 Å². The highest BCUT2D eigenvalue weighted by Crippen LogP contribution is 2.31. The Hall–Kier alpha value is -1.34. The summed E-state index contributed by atoms with van der Waals surface area (Å²) in [6.45, 7) is 13.3. The van der Waals surface area contributed by atoms with Crippen molar-refractivity contribution in [2.24, 2.45) is 0 Å². The molecular weight excluding hydrogens is 278 g/mol. The van der Waals surface area contributed by atoms with Crippen LogP contribution in [0.3, 0.4) is 0 Å². The van der Waals surface area contributed by atoms with Crippen molar-refractivity contribution in [2.45, 2.75) is 52.4 Å². The van der Waals surface area contributed by atoms with Crippen LogP contribution in [0.1, 0.15) is 52.8 Å². The van der Waals surface area contributed by atoms with Crippen LogP contribution in [0.15, 0.2) is 36.4 Å². The van der Waals surface area contributed by atoms with Crippen LogP contribution in [0.4, 0.5) is 0 Å². The molecule has 0 aliphatic carbocycles. The van der Waals surface area contributed by atoms with E-state index in [2.05, 4.69) is 53.7 Å². The molecule has 0 saturated carbocycles. The molecule has 0 amide bonds. The first-order valence-corrected chi connectivity index (χ1v) is 7.74. The van der Waals surface area contributed by atoms with E-state index in [4.69, 9.17) is 16.6 Å². The number of benzene rings is 1. The van der Waals surface area contributed by atoms with E-state index in [1.165, 1.54) is 5.56 Å². The zero-order chi connectivity index (χ0) is 15.8. The molecule has 1 nitrogen and oxygen atoms in total. The summed E-state index contributed by atoms with van der Waals surface area (Å²) in [5.74, 6) is 0. The Kier molecular flexibility index (Phi) is 4.17. The van der Waals surface area contributed by atoms with Gasteiger partial charge < -0.3 is 0 Å². The van der Waals surface area contributed by atoms with E-state index in [1.54, 1.807) is 0 Å². The number of pyridine rings is 1. The molecule has 1 aromatic heterocycles. The van der Waals surface area contributed by atoms with Gasteiger partial charge in [-0.05, 0) is 35.2 Å². The van der Waals surface area contributed by atoms with E-state index >= 15 is 0 Å². The third-order valence-electron chi connectivity index (χ3n) is 3.60. The minimum atomic E-state index is 0.0302. The van der Waals surface area contributed by atoms with Gasteiger partial charge in [-0.25, -0.2) is 0 Å². The van der Waals surface area contributed by atoms with Gasteiger partial charge in [0.1, 0.15) is 0 Å². The minimum Gasteiger partial charge on any atom is -0.252 e. The number of hydrogen-bond donors (Lipinski definition) is 0. The second-order valence-electron chi connectivity index (χ2n) is 7.63. The van der Waals surface area contributed by atoms with Crippen molar-refractivity contribution in [3.8, 4) is 11.3 Å². The fraction of sp³-hybridized carbons (Fsp3) is 0.421. The normalized spacial score (nSPS) is 12.5. The SMILES string of the molecule is CC(C)(C)c1cc(-c2ccc(Cl)cc2)nc(C(C)(C)C)c1. The summed E-state index contributed by atoms with van der Waals surface area (Å²) >= 11 is 5.99. The molecular formula is C19H24ClN. The van der Waals surface area contributed by atoms with Crippen molar-refractivity contribution in [1.29, 1.82) is 0 Å². The zero-order valence-corrected chi connectivity index (χ0v) is 14.5. The maximum Gasteiger partial charge on any atom is 0.0708 e. The lowest BCUT2D eigenvalue weighted by Gasteiger charge is -2.25.